The van der Waals surface area contributed by atoms with Crippen molar-refractivity contribution < 1.29 is 19.1 Å². The minimum Gasteiger partial charge on any atom is -0.484 e. The SMILES string of the molecule is CN(CC(=O)NNC(=O)COc1ccc(Br)cc1)CC(=O)NC1CC1. The fourth-order valence-corrected chi connectivity index (χ4v) is 2.21. The number of amides is 3. The number of likely N-dealkylation sites (N-methyl/N-ethyl adjacent to an activating group) is 1. The van der Waals surface area contributed by atoms with Crippen molar-refractivity contribution in [1.82, 2.24) is 21.1 Å². The van der Waals surface area contributed by atoms with Crippen LogP contribution in [0.15, 0.2) is 28.7 Å². The summed E-state index contributed by atoms with van der Waals surface area (Å²) in [7, 11) is 1.66. The number of benzene rings is 1. The lowest BCUT2D eigenvalue weighted by Gasteiger charge is -2.16. The second kappa shape index (κ2) is 9.38. The van der Waals surface area contributed by atoms with Crippen LogP contribution in [0.4, 0.5) is 0 Å². The van der Waals surface area contributed by atoms with Gasteiger partial charge in [-0.25, -0.2) is 0 Å². The third kappa shape index (κ3) is 7.99. The smallest absolute Gasteiger partial charge is 0.276 e. The Morgan fingerprint density at radius 3 is 2.32 bits per heavy atom. The van der Waals surface area contributed by atoms with Gasteiger partial charge in [0, 0.05) is 10.5 Å². The molecular weight excluding hydrogens is 392 g/mol. The highest BCUT2D eigenvalue weighted by Crippen LogP contribution is 2.18. The van der Waals surface area contributed by atoms with Gasteiger partial charge in [-0.3, -0.25) is 30.1 Å². The summed E-state index contributed by atoms with van der Waals surface area (Å²) in [6.07, 6.45) is 2.04. The lowest BCUT2D eigenvalue weighted by Crippen LogP contribution is -2.48. The van der Waals surface area contributed by atoms with Gasteiger partial charge in [0.25, 0.3) is 11.8 Å². The molecule has 0 atom stereocenters. The molecular formula is C16H21BrN4O4. The Kier molecular flexibility index (Phi) is 7.20. The van der Waals surface area contributed by atoms with Crippen LogP contribution in [0.2, 0.25) is 0 Å². The first-order chi connectivity index (χ1) is 11.9. The molecule has 0 heterocycles. The van der Waals surface area contributed by atoms with Crippen LogP contribution in [0.5, 0.6) is 5.75 Å². The average molecular weight is 413 g/mol. The van der Waals surface area contributed by atoms with E-state index >= 15 is 0 Å². The molecule has 3 N–H and O–H groups in total. The van der Waals surface area contributed by atoms with Gasteiger partial charge in [-0.1, -0.05) is 15.9 Å². The van der Waals surface area contributed by atoms with Crippen LogP contribution in [-0.2, 0) is 14.4 Å². The molecule has 0 bridgehead atoms. The monoisotopic (exact) mass is 412 g/mol. The maximum absolute atomic E-state index is 11.7. The second-order valence-electron chi connectivity index (χ2n) is 5.85. The quantitative estimate of drug-likeness (QED) is 0.529. The van der Waals surface area contributed by atoms with E-state index in [4.69, 9.17) is 4.74 Å². The van der Waals surface area contributed by atoms with E-state index in [0.29, 0.717) is 11.8 Å². The molecule has 0 aliphatic heterocycles. The Labute approximate surface area is 154 Å². The number of carbonyl (C=O) groups excluding carboxylic acids is 3. The maximum atomic E-state index is 11.7. The number of hydrazine groups is 1. The normalized spacial score (nSPS) is 13.2. The van der Waals surface area contributed by atoms with Gasteiger partial charge < -0.3 is 10.1 Å². The summed E-state index contributed by atoms with van der Waals surface area (Å²) in [6.45, 7) is -0.0992. The molecule has 136 valence electrons. The number of nitrogens with one attached hydrogen (secondary N) is 3. The van der Waals surface area contributed by atoms with Crippen molar-refractivity contribution in [2.75, 3.05) is 26.7 Å². The molecule has 1 aromatic rings. The van der Waals surface area contributed by atoms with Crippen LogP contribution in [0, 0.1) is 0 Å². The van der Waals surface area contributed by atoms with Crippen molar-refractivity contribution in [2.24, 2.45) is 0 Å². The topological polar surface area (TPSA) is 99.8 Å². The van der Waals surface area contributed by atoms with E-state index in [0.717, 1.165) is 17.3 Å². The Bertz CT molecular complexity index is 619. The highest BCUT2D eigenvalue weighted by molar-refractivity contribution is 9.10. The van der Waals surface area contributed by atoms with Crippen LogP contribution in [0.25, 0.3) is 0 Å². The molecule has 1 aliphatic carbocycles. The molecule has 1 aromatic carbocycles. The highest BCUT2D eigenvalue weighted by Gasteiger charge is 2.23. The first-order valence-electron chi connectivity index (χ1n) is 7.86. The molecule has 0 unspecified atom stereocenters. The van der Waals surface area contributed by atoms with E-state index in [1.165, 1.54) is 0 Å². The van der Waals surface area contributed by atoms with Crippen molar-refractivity contribution in [3.8, 4) is 5.75 Å². The summed E-state index contributed by atoms with van der Waals surface area (Å²) in [4.78, 5) is 36.6. The molecule has 1 fully saturated rings. The molecule has 0 aromatic heterocycles. The molecule has 1 aliphatic rings. The zero-order chi connectivity index (χ0) is 18.2. The number of hydrogen-bond acceptors (Lipinski definition) is 5. The van der Waals surface area contributed by atoms with E-state index < -0.39 is 11.8 Å². The zero-order valence-electron chi connectivity index (χ0n) is 13.9. The average Bonchev–Trinajstić information content (AvgIpc) is 3.36. The minimum atomic E-state index is -0.481. The van der Waals surface area contributed by atoms with Crippen molar-refractivity contribution >= 4 is 33.7 Å². The lowest BCUT2D eigenvalue weighted by atomic mass is 10.3. The Balaban J connectivity index is 1.58. The minimum absolute atomic E-state index is 0.00800. The molecule has 0 saturated heterocycles. The van der Waals surface area contributed by atoms with Crippen LogP contribution < -0.4 is 20.9 Å². The van der Waals surface area contributed by atoms with Gasteiger partial charge >= 0.3 is 0 Å². The number of rotatable bonds is 8. The van der Waals surface area contributed by atoms with Gasteiger partial charge in [-0.15, -0.1) is 0 Å². The summed E-state index contributed by atoms with van der Waals surface area (Å²) in [5.74, 6) is -0.458. The molecule has 8 nitrogen and oxygen atoms in total. The van der Waals surface area contributed by atoms with Crippen LogP contribution in [0.3, 0.4) is 0 Å². The molecule has 25 heavy (non-hydrogen) atoms. The third-order valence-electron chi connectivity index (χ3n) is 3.29. The Morgan fingerprint density at radius 1 is 1.08 bits per heavy atom. The van der Waals surface area contributed by atoms with Crippen LogP contribution >= 0.6 is 15.9 Å². The van der Waals surface area contributed by atoms with Gasteiger partial charge in [0.15, 0.2) is 6.61 Å². The molecule has 2 rings (SSSR count). The molecule has 0 radical (unpaired) electrons. The van der Waals surface area contributed by atoms with E-state index in [-0.39, 0.29) is 25.6 Å². The summed E-state index contributed by atoms with van der Waals surface area (Å²) in [5, 5.41) is 2.84. The van der Waals surface area contributed by atoms with Crippen molar-refractivity contribution in [2.45, 2.75) is 18.9 Å². The van der Waals surface area contributed by atoms with E-state index in [1.54, 1.807) is 36.2 Å². The fourth-order valence-electron chi connectivity index (χ4n) is 1.94. The number of nitrogens with zero attached hydrogens (tertiary/aromatic N) is 1. The van der Waals surface area contributed by atoms with Crippen molar-refractivity contribution in [3.63, 3.8) is 0 Å². The summed E-state index contributed by atoms with van der Waals surface area (Å²) < 4.78 is 6.19. The van der Waals surface area contributed by atoms with Crippen LogP contribution in [0.1, 0.15) is 12.8 Å². The number of halogens is 1. The van der Waals surface area contributed by atoms with Crippen molar-refractivity contribution in [3.05, 3.63) is 28.7 Å². The first kappa shape index (κ1) is 19.2. The van der Waals surface area contributed by atoms with E-state index in [9.17, 15) is 14.4 Å². The lowest BCUT2D eigenvalue weighted by molar-refractivity contribution is -0.131. The zero-order valence-corrected chi connectivity index (χ0v) is 15.5. The largest absolute Gasteiger partial charge is 0.484 e. The summed E-state index contributed by atoms with van der Waals surface area (Å²) in [6, 6.07) is 7.32. The predicted octanol–water partition coefficient (Wildman–Crippen LogP) is 0.186. The number of ether oxygens (including phenoxy) is 1. The Hall–Kier alpha value is -2.13. The molecule has 9 heteroatoms. The summed E-state index contributed by atoms with van der Waals surface area (Å²) >= 11 is 3.30. The van der Waals surface area contributed by atoms with E-state index in [2.05, 4.69) is 32.1 Å². The molecule has 0 spiro atoms. The highest BCUT2D eigenvalue weighted by atomic mass is 79.9. The van der Waals surface area contributed by atoms with Gasteiger partial charge in [0.2, 0.25) is 5.91 Å². The van der Waals surface area contributed by atoms with Crippen LogP contribution in [-0.4, -0.2) is 55.4 Å². The molecule has 3 amide bonds. The fraction of sp³-hybridized carbons (Fsp3) is 0.438. The second-order valence-corrected chi connectivity index (χ2v) is 6.77. The van der Waals surface area contributed by atoms with Gasteiger partial charge in [0.05, 0.1) is 13.1 Å². The predicted molar refractivity (Wildman–Crippen MR) is 94.6 cm³/mol. The first-order valence-corrected chi connectivity index (χ1v) is 8.65. The number of carbonyl (C=O) groups is 3. The number of hydrogen-bond donors (Lipinski definition) is 3. The van der Waals surface area contributed by atoms with E-state index in [1.807, 2.05) is 0 Å². The van der Waals surface area contributed by atoms with Gasteiger partial charge in [-0.2, -0.15) is 0 Å². The Morgan fingerprint density at radius 2 is 1.68 bits per heavy atom. The van der Waals surface area contributed by atoms with Gasteiger partial charge in [-0.05, 0) is 44.2 Å². The maximum Gasteiger partial charge on any atom is 0.276 e. The van der Waals surface area contributed by atoms with Gasteiger partial charge in [0.1, 0.15) is 5.75 Å². The summed E-state index contributed by atoms with van der Waals surface area (Å²) in [5.41, 5.74) is 4.55. The standard InChI is InChI=1S/C16H21BrN4O4/c1-21(8-14(22)18-12-4-5-12)9-15(23)19-20-16(24)10-25-13-6-2-11(17)3-7-13/h2-3,6-7,12H,4-5,8-10H2,1H3,(H,18,22)(H,19,23)(H,20,24). The van der Waals surface area contributed by atoms with Crippen molar-refractivity contribution in [1.29, 1.82) is 0 Å². The molecule has 1 saturated carbocycles. The third-order valence-corrected chi connectivity index (χ3v) is 3.82.